The van der Waals surface area contributed by atoms with Gasteiger partial charge < -0.3 is 30.3 Å². The Labute approximate surface area is 182 Å². The number of methoxy groups -OCH3 is 1. The van der Waals surface area contributed by atoms with Crippen LogP contribution in [-0.2, 0) is 15.9 Å². The van der Waals surface area contributed by atoms with Gasteiger partial charge in [-0.05, 0) is 25.3 Å². The van der Waals surface area contributed by atoms with E-state index in [0.717, 1.165) is 19.0 Å². The summed E-state index contributed by atoms with van der Waals surface area (Å²) in [5, 5.41) is 27.5. The molecule has 10 nitrogen and oxygen atoms in total. The van der Waals surface area contributed by atoms with Crippen LogP contribution in [0.25, 0.3) is 11.2 Å². The van der Waals surface area contributed by atoms with E-state index >= 15 is 0 Å². The normalized spacial score (nSPS) is 27.2. The minimum Gasteiger partial charge on any atom is -0.387 e. The van der Waals surface area contributed by atoms with E-state index in [0.29, 0.717) is 29.2 Å². The Bertz CT molecular complexity index is 856. The SMILES string of the molecule is CNc1nc(CCNCC2CCCCC2)nc2c1ncn2[C@@H]1O[C@H](COC)[C@@H](O)[C@H]1O. The van der Waals surface area contributed by atoms with Gasteiger partial charge in [0.2, 0.25) is 0 Å². The maximum absolute atomic E-state index is 10.5. The number of anilines is 1. The third-order valence-corrected chi connectivity index (χ3v) is 6.33. The van der Waals surface area contributed by atoms with Crippen molar-refractivity contribution in [2.75, 3.05) is 39.2 Å². The van der Waals surface area contributed by atoms with Gasteiger partial charge in [-0.1, -0.05) is 19.3 Å². The van der Waals surface area contributed by atoms with E-state index in [1.54, 1.807) is 17.9 Å². The summed E-state index contributed by atoms with van der Waals surface area (Å²) in [6.45, 7) is 2.03. The molecule has 0 spiro atoms. The van der Waals surface area contributed by atoms with Gasteiger partial charge in [0.05, 0.1) is 12.9 Å². The zero-order valence-electron chi connectivity index (χ0n) is 18.3. The van der Waals surface area contributed by atoms with Crippen LogP contribution in [0.15, 0.2) is 6.33 Å². The lowest BCUT2D eigenvalue weighted by molar-refractivity contribution is -0.0580. The molecule has 3 heterocycles. The largest absolute Gasteiger partial charge is 0.387 e. The maximum Gasteiger partial charge on any atom is 0.167 e. The molecule has 0 radical (unpaired) electrons. The highest BCUT2D eigenvalue weighted by molar-refractivity contribution is 5.83. The van der Waals surface area contributed by atoms with E-state index in [4.69, 9.17) is 14.5 Å². The molecule has 4 atom stereocenters. The number of aromatic nitrogens is 4. The minimum absolute atomic E-state index is 0.190. The number of aliphatic hydroxyl groups is 2. The molecule has 2 fully saturated rings. The number of fused-ring (bicyclic) bond motifs is 1. The van der Waals surface area contributed by atoms with Crippen molar-refractivity contribution in [3.05, 3.63) is 12.2 Å². The number of nitrogens with zero attached hydrogens (tertiary/aromatic N) is 4. The van der Waals surface area contributed by atoms with Crippen LogP contribution in [0.5, 0.6) is 0 Å². The van der Waals surface area contributed by atoms with Crippen molar-refractivity contribution >= 4 is 17.0 Å². The van der Waals surface area contributed by atoms with Crippen molar-refractivity contribution in [3.63, 3.8) is 0 Å². The molecule has 2 aromatic heterocycles. The quantitative estimate of drug-likeness (QED) is 0.425. The van der Waals surface area contributed by atoms with Gasteiger partial charge in [0, 0.05) is 27.1 Å². The van der Waals surface area contributed by atoms with Crippen molar-refractivity contribution in [2.24, 2.45) is 5.92 Å². The highest BCUT2D eigenvalue weighted by Crippen LogP contribution is 2.32. The Morgan fingerprint density at radius 2 is 2.00 bits per heavy atom. The molecule has 10 heteroatoms. The zero-order valence-corrected chi connectivity index (χ0v) is 18.3. The van der Waals surface area contributed by atoms with Gasteiger partial charge >= 0.3 is 0 Å². The van der Waals surface area contributed by atoms with E-state index in [2.05, 4.69) is 20.6 Å². The van der Waals surface area contributed by atoms with Crippen molar-refractivity contribution in [1.82, 2.24) is 24.8 Å². The first-order chi connectivity index (χ1) is 15.1. The van der Waals surface area contributed by atoms with Crippen LogP contribution in [0.4, 0.5) is 5.82 Å². The fourth-order valence-corrected chi connectivity index (χ4v) is 4.59. The summed E-state index contributed by atoms with van der Waals surface area (Å²) in [7, 11) is 3.33. The van der Waals surface area contributed by atoms with Crippen molar-refractivity contribution in [3.8, 4) is 0 Å². The van der Waals surface area contributed by atoms with Gasteiger partial charge in [-0.25, -0.2) is 15.0 Å². The smallest absolute Gasteiger partial charge is 0.167 e. The molecule has 1 saturated heterocycles. The average Bonchev–Trinajstić information content (AvgIpc) is 3.33. The molecule has 4 N–H and O–H groups in total. The number of hydrogen-bond donors (Lipinski definition) is 4. The van der Waals surface area contributed by atoms with E-state index in [1.165, 1.54) is 39.2 Å². The first kappa shape index (κ1) is 22.3. The minimum atomic E-state index is -1.11. The molecule has 31 heavy (non-hydrogen) atoms. The van der Waals surface area contributed by atoms with Gasteiger partial charge in [-0.2, -0.15) is 0 Å². The van der Waals surface area contributed by atoms with Gasteiger partial charge in [-0.3, -0.25) is 4.57 Å². The Kier molecular flexibility index (Phi) is 7.34. The Morgan fingerprint density at radius 1 is 1.19 bits per heavy atom. The molecule has 1 saturated carbocycles. The predicted molar refractivity (Wildman–Crippen MR) is 116 cm³/mol. The standard InChI is InChI=1S/C21H34N6O4/c1-22-19-16-20(26-15(25-19)8-9-23-10-13-6-4-3-5-7-13)27(12-24-16)21-18(29)17(28)14(31-21)11-30-2/h12-14,17-18,21,23,28-29H,3-11H2,1-2H3,(H,22,25,26)/t14-,17-,18-,21-/m1/s1. The second-order valence-electron chi connectivity index (χ2n) is 8.52. The topological polar surface area (TPSA) is 127 Å². The van der Waals surface area contributed by atoms with Crippen LogP contribution < -0.4 is 10.6 Å². The lowest BCUT2D eigenvalue weighted by Gasteiger charge is -2.21. The van der Waals surface area contributed by atoms with Gasteiger partial charge in [0.1, 0.15) is 24.1 Å². The van der Waals surface area contributed by atoms with Gasteiger partial charge in [-0.15, -0.1) is 0 Å². The van der Waals surface area contributed by atoms with Gasteiger partial charge in [0.15, 0.2) is 23.2 Å². The van der Waals surface area contributed by atoms with E-state index in [9.17, 15) is 10.2 Å². The number of hydrogen-bond acceptors (Lipinski definition) is 9. The number of imidazole rings is 1. The monoisotopic (exact) mass is 434 g/mol. The first-order valence-electron chi connectivity index (χ1n) is 11.2. The molecule has 1 aliphatic carbocycles. The number of aliphatic hydroxyl groups excluding tert-OH is 2. The fourth-order valence-electron chi connectivity index (χ4n) is 4.59. The summed E-state index contributed by atoms with van der Waals surface area (Å²) in [5.41, 5.74) is 1.16. The molecule has 0 bridgehead atoms. The highest BCUT2D eigenvalue weighted by atomic mass is 16.6. The van der Waals surface area contributed by atoms with E-state index in [-0.39, 0.29) is 6.61 Å². The van der Waals surface area contributed by atoms with Crippen LogP contribution in [0.3, 0.4) is 0 Å². The molecule has 4 rings (SSSR count). The maximum atomic E-state index is 10.5. The molecule has 0 amide bonds. The zero-order chi connectivity index (χ0) is 21.8. The van der Waals surface area contributed by atoms with Crippen molar-refractivity contribution in [1.29, 1.82) is 0 Å². The Morgan fingerprint density at radius 3 is 2.74 bits per heavy atom. The number of ether oxygens (including phenoxy) is 2. The second-order valence-corrected chi connectivity index (χ2v) is 8.52. The third kappa shape index (κ3) is 4.83. The van der Waals surface area contributed by atoms with Crippen molar-refractivity contribution in [2.45, 2.75) is 63.1 Å². The van der Waals surface area contributed by atoms with E-state index < -0.39 is 24.5 Å². The summed E-state index contributed by atoms with van der Waals surface area (Å²) in [5.74, 6) is 2.10. The molecule has 172 valence electrons. The summed E-state index contributed by atoms with van der Waals surface area (Å²) in [6, 6.07) is 0. The van der Waals surface area contributed by atoms with Crippen molar-refractivity contribution < 1.29 is 19.7 Å². The van der Waals surface area contributed by atoms with E-state index in [1.807, 2.05) is 0 Å². The fraction of sp³-hybridized carbons (Fsp3) is 0.762. The summed E-state index contributed by atoms with van der Waals surface area (Å²) in [6.07, 6.45) is 5.39. The average molecular weight is 435 g/mol. The highest BCUT2D eigenvalue weighted by Gasteiger charge is 2.44. The van der Waals surface area contributed by atoms with Crippen LogP contribution >= 0.6 is 0 Å². The molecule has 0 unspecified atom stereocenters. The second kappa shape index (κ2) is 10.2. The summed E-state index contributed by atoms with van der Waals surface area (Å²) < 4.78 is 12.6. The first-order valence-corrected chi connectivity index (χ1v) is 11.2. The van der Waals surface area contributed by atoms with Crippen LogP contribution in [0, 0.1) is 5.92 Å². The van der Waals surface area contributed by atoms with Crippen LogP contribution in [-0.4, -0.2) is 81.9 Å². The molecule has 1 aliphatic heterocycles. The van der Waals surface area contributed by atoms with Crippen LogP contribution in [0.1, 0.15) is 44.2 Å². The molecule has 2 aliphatic rings. The lowest BCUT2D eigenvalue weighted by atomic mass is 9.89. The van der Waals surface area contributed by atoms with Gasteiger partial charge in [0.25, 0.3) is 0 Å². The Balaban J connectivity index is 1.48. The summed E-state index contributed by atoms with van der Waals surface area (Å²) in [4.78, 5) is 13.7. The Hall–Kier alpha value is -1.85. The number of nitrogens with one attached hydrogen (secondary N) is 2. The third-order valence-electron chi connectivity index (χ3n) is 6.33. The predicted octanol–water partition coefficient (Wildman–Crippen LogP) is 0.846. The lowest BCUT2D eigenvalue weighted by Crippen LogP contribution is -2.33. The summed E-state index contributed by atoms with van der Waals surface area (Å²) >= 11 is 0. The molecule has 0 aromatic carbocycles. The molecule has 2 aromatic rings. The molecular formula is C21H34N6O4. The molecular weight excluding hydrogens is 400 g/mol. The number of rotatable bonds is 9. The van der Waals surface area contributed by atoms with Crippen LogP contribution in [0.2, 0.25) is 0 Å².